The minimum atomic E-state index is -0.372. The van der Waals surface area contributed by atoms with Crippen molar-refractivity contribution in [2.45, 2.75) is 25.5 Å². The van der Waals surface area contributed by atoms with Crippen LogP contribution in [0.5, 0.6) is 5.75 Å². The summed E-state index contributed by atoms with van der Waals surface area (Å²) >= 11 is 0. The molecule has 0 bridgehead atoms. The lowest BCUT2D eigenvalue weighted by molar-refractivity contribution is 0.0251. The van der Waals surface area contributed by atoms with Crippen LogP contribution >= 0.6 is 0 Å². The van der Waals surface area contributed by atoms with Crippen molar-refractivity contribution < 1.29 is 9.84 Å². The second-order valence-electron chi connectivity index (χ2n) is 6.99. The van der Waals surface area contributed by atoms with Gasteiger partial charge < -0.3 is 14.7 Å². The van der Waals surface area contributed by atoms with Crippen LogP contribution < -0.4 is 4.74 Å². The standard InChI is InChI=1S/C22H30N2O2/c1-19(25)22(20-9-4-2-5-10-20)24-16-14-23(15-17-24)13-8-18-26-21-11-6-3-7-12-21/h2-7,9-12,19,22,25H,8,13-18H2,1H3. The summed E-state index contributed by atoms with van der Waals surface area (Å²) in [6, 6.07) is 20.4. The van der Waals surface area contributed by atoms with Gasteiger partial charge in [0.25, 0.3) is 0 Å². The quantitative estimate of drug-likeness (QED) is 0.739. The molecule has 1 heterocycles. The summed E-state index contributed by atoms with van der Waals surface area (Å²) in [6.07, 6.45) is 0.663. The first kappa shape index (κ1) is 18.9. The first-order valence-corrected chi connectivity index (χ1v) is 9.61. The lowest BCUT2D eigenvalue weighted by Crippen LogP contribution is -2.49. The third-order valence-electron chi connectivity index (χ3n) is 5.03. The van der Waals surface area contributed by atoms with Crippen molar-refractivity contribution in [3.63, 3.8) is 0 Å². The van der Waals surface area contributed by atoms with Crippen molar-refractivity contribution in [2.75, 3.05) is 39.3 Å². The fraction of sp³-hybridized carbons (Fsp3) is 0.455. The third-order valence-corrected chi connectivity index (χ3v) is 5.03. The van der Waals surface area contributed by atoms with Gasteiger partial charge in [0.05, 0.1) is 18.8 Å². The van der Waals surface area contributed by atoms with Crippen LogP contribution in [0.1, 0.15) is 24.9 Å². The van der Waals surface area contributed by atoms with E-state index in [-0.39, 0.29) is 12.1 Å². The molecule has 1 aliphatic heterocycles. The van der Waals surface area contributed by atoms with Crippen LogP contribution in [-0.4, -0.2) is 60.3 Å². The van der Waals surface area contributed by atoms with E-state index in [0.717, 1.165) is 51.5 Å². The zero-order chi connectivity index (χ0) is 18.2. The first-order chi connectivity index (χ1) is 12.7. The number of nitrogens with zero attached hydrogens (tertiary/aromatic N) is 2. The van der Waals surface area contributed by atoms with Gasteiger partial charge >= 0.3 is 0 Å². The highest BCUT2D eigenvalue weighted by Crippen LogP contribution is 2.25. The van der Waals surface area contributed by atoms with Gasteiger partial charge in [-0.05, 0) is 31.0 Å². The van der Waals surface area contributed by atoms with Crippen LogP contribution in [0.25, 0.3) is 0 Å². The highest BCUT2D eigenvalue weighted by Gasteiger charge is 2.27. The van der Waals surface area contributed by atoms with Crippen molar-refractivity contribution >= 4 is 0 Å². The molecule has 2 aromatic carbocycles. The Bertz CT molecular complexity index is 625. The first-order valence-electron chi connectivity index (χ1n) is 9.61. The predicted octanol–water partition coefficient (Wildman–Crippen LogP) is 3.20. The molecule has 26 heavy (non-hydrogen) atoms. The van der Waals surface area contributed by atoms with Crippen LogP contribution in [0.4, 0.5) is 0 Å². The zero-order valence-electron chi connectivity index (χ0n) is 15.6. The maximum Gasteiger partial charge on any atom is 0.119 e. The fourth-order valence-electron chi connectivity index (χ4n) is 3.70. The topological polar surface area (TPSA) is 35.9 Å². The van der Waals surface area contributed by atoms with Crippen LogP contribution in [-0.2, 0) is 0 Å². The highest BCUT2D eigenvalue weighted by atomic mass is 16.5. The molecule has 2 atom stereocenters. The second-order valence-corrected chi connectivity index (χ2v) is 6.99. The number of aliphatic hydroxyl groups is 1. The number of piperazine rings is 1. The van der Waals surface area contributed by atoms with E-state index in [9.17, 15) is 5.11 Å². The van der Waals surface area contributed by atoms with E-state index in [1.54, 1.807) is 0 Å². The lowest BCUT2D eigenvalue weighted by Gasteiger charge is -2.40. The molecule has 1 N–H and O–H groups in total. The number of hydrogen-bond donors (Lipinski definition) is 1. The molecular formula is C22H30N2O2. The van der Waals surface area contributed by atoms with Crippen molar-refractivity contribution in [1.82, 2.24) is 9.80 Å². The highest BCUT2D eigenvalue weighted by molar-refractivity contribution is 5.21. The summed E-state index contributed by atoms with van der Waals surface area (Å²) in [7, 11) is 0. The van der Waals surface area contributed by atoms with E-state index in [2.05, 4.69) is 21.9 Å². The molecule has 1 aliphatic rings. The molecule has 0 spiro atoms. The molecule has 140 valence electrons. The van der Waals surface area contributed by atoms with Gasteiger partial charge in [0.1, 0.15) is 5.75 Å². The molecule has 0 amide bonds. The maximum atomic E-state index is 10.3. The summed E-state index contributed by atoms with van der Waals surface area (Å²) in [4.78, 5) is 4.91. The summed E-state index contributed by atoms with van der Waals surface area (Å²) in [5.41, 5.74) is 1.20. The average molecular weight is 354 g/mol. The van der Waals surface area contributed by atoms with E-state index in [1.807, 2.05) is 55.5 Å². The molecule has 2 aromatic rings. The van der Waals surface area contributed by atoms with E-state index in [4.69, 9.17) is 4.74 Å². The van der Waals surface area contributed by atoms with Gasteiger partial charge in [-0.15, -0.1) is 0 Å². The SMILES string of the molecule is CC(O)C(c1ccccc1)N1CCN(CCCOc2ccccc2)CC1. The van der Waals surface area contributed by atoms with Crippen molar-refractivity contribution in [1.29, 1.82) is 0 Å². The largest absolute Gasteiger partial charge is 0.494 e. The summed E-state index contributed by atoms with van der Waals surface area (Å²) in [5.74, 6) is 0.944. The fourth-order valence-corrected chi connectivity index (χ4v) is 3.70. The van der Waals surface area contributed by atoms with Gasteiger partial charge in [-0.3, -0.25) is 4.90 Å². The molecule has 0 radical (unpaired) electrons. The van der Waals surface area contributed by atoms with Gasteiger partial charge in [-0.25, -0.2) is 0 Å². The number of aliphatic hydroxyl groups excluding tert-OH is 1. The van der Waals surface area contributed by atoms with Crippen LogP contribution in [0.15, 0.2) is 60.7 Å². The number of benzene rings is 2. The summed E-state index contributed by atoms with van der Waals surface area (Å²) < 4.78 is 5.78. The van der Waals surface area contributed by atoms with Crippen LogP contribution in [0, 0.1) is 0 Å². The minimum Gasteiger partial charge on any atom is -0.494 e. The predicted molar refractivity (Wildman–Crippen MR) is 105 cm³/mol. The molecule has 4 nitrogen and oxygen atoms in total. The van der Waals surface area contributed by atoms with Crippen LogP contribution in [0.3, 0.4) is 0 Å². The van der Waals surface area contributed by atoms with Gasteiger partial charge in [-0.2, -0.15) is 0 Å². The summed E-state index contributed by atoms with van der Waals surface area (Å²) in [6.45, 7) is 7.78. The Morgan fingerprint density at radius 2 is 1.54 bits per heavy atom. The lowest BCUT2D eigenvalue weighted by atomic mass is 10.00. The van der Waals surface area contributed by atoms with E-state index >= 15 is 0 Å². The number of rotatable bonds is 8. The zero-order valence-corrected chi connectivity index (χ0v) is 15.6. The monoisotopic (exact) mass is 354 g/mol. The van der Waals surface area contributed by atoms with E-state index < -0.39 is 0 Å². The second kappa shape index (κ2) is 9.72. The molecule has 0 aliphatic carbocycles. The van der Waals surface area contributed by atoms with Crippen molar-refractivity contribution in [3.05, 3.63) is 66.2 Å². The Morgan fingerprint density at radius 1 is 0.923 bits per heavy atom. The molecule has 1 fully saturated rings. The molecule has 2 unspecified atom stereocenters. The van der Waals surface area contributed by atoms with E-state index in [1.165, 1.54) is 5.56 Å². The molecule has 0 aromatic heterocycles. The van der Waals surface area contributed by atoms with Crippen molar-refractivity contribution in [2.24, 2.45) is 0 Å². The maximum absolute atomic E-state index is 10.3. The van der Waals surface area contributed by atoms with Gasteiger partial charge in [0, 0.05) is 32.7 Å². The normalized spacial score (nSPS) is 18.4. The van der Waals surface area contributed by atoms with Gasteiger partial charge in [0.15, 0.2) is 0 Å². The van der Waals surface area contributed by atoms with Crippen LogP contribution in [0.2, 0.25) is 0 Å². The molecule has 0 saturated carbocycles. The third kappa shape index (κ3) is 5.31. The summed E-state index contributed by atoms with van der Waals surface area (Å²) in [5, 5.41) is 10.3. The smallest absolute Gasteiger partial charge is 0.119 e. The van der Waals surface area contributed by atoms with Gasteiger partial charge in [0.2, 0.25) is 0 Å². The Kier molecular flexibility index (Phi) is 7.06. The molecule has 3 rings (SSSR count). The Labute approximate surface area is 157 Å². The Balaban J connectivity index is 1.42. The number of hydrogen-bond acceptors (Lipinski definition) is 4. The minimum absolute atomic E-state index is 0.0831. The van der Waals surface area contributed by atoms with E-state index in [0.29, 0.717) is 0 Å². The molecule has 1 saturated heterocycles. The molecule has 4 heteroatoms. The van der Waals surface area contributed by atoms with Crippen molar-refractivity contribution in [3.8, 4) is 5.75 Å². The van der Waals surface area contributed by atoms with Gasteiger partial charge in [-0.1, -0.05) is 48.5 Å². The average Bonchev–Trinajstić information content (AvgIpc) is 2.68. The number of ether oxygens (including phenoxy) is 1. The molecular weight excluding hydrogens is 324 g/mol. The Morgan fingerprint density at radius 3 is 2.15 bits per heavy atom. The Hall–Kier alpha value is -1.88. The number of para-hydroxylation sites is 1.